The topological polar surface area (TPSA) is 152 Å². The number of benzene rings is 2. The molecular formula is C43H46F2N10O4. The predicted octanol–water partition coefficient (Wildman–Crippen LogP) is 5.37. The molecule has 3 N–H and O–H groups in total. The van der Waals surface area contributed by atoms with Crippen LogP contribution in [-0.2, 0) is 23.2 Å². The van der Waals surface area contributed by atoms with Gasteiger partial charge in [0.25, 0.3) is 5.91 Å². The van der Waals surface area contributed by atoms with Crippen LogP contribution in [0.3, 0.4) is 0 Å². The number of amides is 3. The minimum atomic E-state index is -1.02. The van der Waals surface area contributed by atoms with Crippen molar-refractivity contribution in [2.75, 3.05) is 48.3 Å². The van der Waals surface area contributed by atoms with Crippen molar-refractivity contribution in [2.45, 2.75) is 70.0 Å². The molecule has 0 unspecified atom stereocenters. The van der Waals surface area contributed by atoms with E-state index >= 15 is 8.78 Å². The summed E-state index contributed by atoms with van der Waals surface area (Å²) in [5.74, 6) is -1.80. The van der Waals surface area contributed by atoms with Crippen LogP contribution >= 0.6 is 0 Å². The van der Waals surface area contributed by atoms with Crippen LogP contribution in [0.5, 0.6) is 5.88 Å². The van der Waals surface area contributed by atoms with Gasteiger partial charge < -0.3 is 19.5 Å². The van der Waals surface area contributed by atoms with Crippen LogP contribution in [0.15, 0.2) is 48.7 Å². The lowest BCUT2D eigenvalue weighted by molar-refractivity contribution is -0.134. The molecule has 5 aromatic rings. The molecule has 14 nitrogen and oxygen atoms in total. The van der Waals surface area contributed by atoms with E-state index in [0.717, 1.165) is 80.7 Å². The van der Waals surface area contributed by atoms with Gasteiger partial charge in [0.2, 0.25) is 23.6 Å². The lowest BCUT2D eigenvalue weighted by atomic mass is 9.84. The average molecular weight is 805 g/mol. The summed E-state index contributed by atoms with van der Waals surface area (Å²) in [5, 5.41) is 13.0. The van der Waals surface area contributed by atoms with Crippen molar-refractivity contribution in [1.82, 2.24) is 34.5 Å². The number of piperazine rings is 1. The van der Waals surface area contributed by atoms with E-state index in [9.17, 15) is 14.4 Å². The molecule has 3 aromatic heterocycles. The fourth-order valence-electron chi connectivity index (χ4n) is 9.46. The predicted molar refractivity (Wildman–Crippen MR) is 216 cm³/mol. The molecule has 3 atom stereocenters. The number of fused-ring (bicyclic) bond motifs is 8. The Hall–Kier alpha value is -5.90. The van der Waals surface area contributed by atoms with Crippen molar-refractivity contribution in [1.29, 1.82) is 0 Å². The van der Waals surface area contributed by atoms with Gasteiger partial charge in [0.05, 0.1) is 41.0 Å². The Labute approximate surface area is 339 Å². The van der Waals surface area contributed by atoms with Crippen LogP contribution in [0.2, 0.25) is 0 Å². The second-order valence-corrected chi connectivity index (χ2v) is 16.8. The number of nitrogens with zero attached hydrogens (tertiary/aromatic N) is 7. The number of rotatable bonds is 5. The molecule has 4 fully saturated rings. The van der Waals surface area contributed by atoms with Gasteiger partial charge in [-0.05, 0) is 93.3 Å². The number of nitrogens with one attached hydrogen (secondary N) is 3. The third-order valence-corrected chi connectivity index (χ3v) is 12.9. The Morgan fingerprint density at radius 3 is 2.47 bits per heavy atom. The number of carbonyl (C=O) groups excluding carboxylic acids is 3. The highest BCUT2D eigenvalue weighted by Crippen LogP contribution is 2.44. The molecular weight excluding hydrogens is 759 g/mol. The molecule has 0 radical (unpaired) electrons. The molecule has 2 aliphatic carbocycles. The zero-order valence-corrected chi connectivity index (χ0v) is 33.0. The SMILES string of the molecule is Cc1cc2cc(n1)-c1cnn(C)c1OCC[C@H]1C[C@@H]1Cn1c(nc3ccc(N4CCN(C5CC(Nc6cc(F)c([C@H]7CCC(=O)NC7=O)c(F)c6)C5)CC4)cc31)NC2=O. The molecule has 59 heavy (non-hydrogen) atoms. The smallest absolute Gasteiger partial charge is 0.258 e. The van der Waals surface area contributed by atoms with E-state index in [1.165, 1.54) is 12.1 Å². The maximum Gasteiger partial charge on any atom is 0.258 e. The molecule has 10 rings (SSSR count). The summed E-state index contributed by atoms with van der Waals surface area (Å²) in [4.78, 5) is 52.2. The van der Waals surface area contributed by atoms with Gasteiger partial charge in [-0.3, -0.25) is 34.9 Å². The Bertz CT molecular complexity index is 2480. The highest BCUT2D eigenvalue weighted by molar-refractivity contribution is 6.05. The van der Waals surface area contributed by atoms with Gasteiger partial charge in [-0.15, -0.1) is 0 Å². The highest BCUT2D eigenvalue weighted by Gasteiger charge is 2.39. The number of aromatic nitrogens is 5. The van der Waals surface area contributed by atoms with Crippen LogP contribution in [0, 0.1) is 30.4 Å². The minimum absolute atomic E-state index is 0.0527. The molecule has 2 saturated carbocycles. The fourth-order valence-corrected chi connectivity index (χ4v) is 9.46. The summed E-state index contributed by atoms with van der Waals surface area (Å²) in [5.41, 5.74) is 5.58. The van der Waals surface area contributed by atoms with Gasteiger partial charge in [0, 0.05) is 86.5 Å². The number of hydrogen-bond donors (Lipinski definition) is 3. The molecule has 2 saturated heterocycles. The number of ether oxygens (including phenoxy) is 1. The zero-order chi connectivity index (χ0) is 40.5. The monoisotopic (exact) mass is 804 g/mol. The number of carbonyl (C=O) groups is 3. The maximum atomic E-state index is 15.1. The Morgan fingerprint density at radius 2 is 1.69 bits per heavy atom. The first-order valence-corrected chi connectivity index (χ1v) is 20.6. The second-order valence-electron chi connectivity index (χ2n) is 16.8. The lowest BCUT2D eigenvalue weighted by Gasteiger charge is -2.47. The Kier molecular flexibility index (Phi) is 9.33. The van der Waals surface area contributed by atoms with Crippen molar-refractivity contribution in [3.63, 3.8) is 0 Å². The maximum absolute atomic E-state index is 15.1. The number of halogens is 2. The average Bonchev–Trinajstić information content (AvgIpc) is 3.70. The number of piperidine rings is 1. The summed E-state index contributed by atoms with van der Waals surface area (Å²) in [6.07, 6.45) is 5.59. The minimum Gasteiger partial charge on any atom is -0.477 e. The van der Waals surface area contributed by atoms with E-state index in [4.69, 9.17) is 14.7 Å². The fraction of sp³-hybridized carbons (Fsp3) is 0.442. The Balaban J connectivity index is 0.804. The van der Waals surface area contributed by atoms with E-state index in [0.29, 0.717) is 59.0 Å². The number of hydrogen-bond acceptors (Lipinski definition) is 10. The number of imidazole rings is 1. The van der Waals surface area contributed by atoms with Crippen molar-refractivity contribution in [2.24, 2.45) is 18.9 Å². The van der Waals surface area contributed by atoms with E-state index < -0.39 is 29.4 Å². The van der Waals surface area contributed by atoms with Gasteiger partial charge in [-0.1, -0.05) is 0 Å². The van der Waals surface area contributed by atoms with E-state index in [-0.39, 0.29) is 30.4 Å². The van der Waals surface area contributed by atoms with Gasteiger partial charge in [-0.25, -0.2) is 18.4 Å². The highest BCUT2D eigenvalue weighted by atomic mass is 19.1. The van der Waals surface area contributed by atoms with Crippen LogP contribution < -0.4 is 25.6 Å². The Morgan fingerprint density at radius 1 is 0.898 bits per heavy atom. The van der Waals surface area contributed by atoms with E-state index in [2.05, 4.69) is 47.5 Å². The first-order valence-electron chi connectivity index (χ1n) is 20.6. The van der Waals surface area contributed by atoms with Crippen LogP contribution in [0.1, 0.15) is 66.1 Å². The van der Waals surface area contributed by atoms with Gasteiger partial charge in [0.1, 0.15) is 11.6 Å². The van der Waals surface area contributed by atoms with Gasteiger partial charge in [-0.2, -0.15) is 5.10 Å². The number of aryl methyl sites for hydroxylation is 2. The summed E-state index contributed by atoms with van der Waals surface area (Å²) in [6.45, 7) is 6.66. The van der Waals surface area contributed by atoms with Crippen LogP contribution in [-0.4, -0.2) is 91.8 Å². The van der Waals surface area contributed by atoms with Crippen LogP contribution in [0.4, 0.5) is 26.1 Å². The summed E-state index contributed by atoms with van der Waals surface area (Å²) in [6, 6.07) is 12.9. The quantitative estimate of drug-likeness (QED) is 0.198. The zero-order valence-electron chi connectivity index (χ0n) is 33.0. The third kappa shape index (κ3) is 7.16. The number of imide groups is 1. The molecule has 2 aromatic carbocycles. The first kappa shape index (κ1) is 37.4. The molecule has 16 heteroatoms. The molecule has 0 spiro atoms. The lowest BCUT2D eigenvalue weighted by Crippen LogP contribution is -2.56. The molecule has 306 valence electrons. The van der Waals surface area contributed by atoms with Gasteiger partial charge >= 0.3 is 0 Å². The van der Waals surface area contributed by atoms with E-state index in [1.807, 2.05) is 20.0 Å². The summed E-state index contributed by atoms with van der Waals surface area (Å²) < 4.78 is 40.4. The number of anilines is 3. The van der Waals surface area contributed by atoms with Gasteiger partial charge in [0.15, 0.2) is 0 Å². The third-order valence-electron chi connectivity index (χ3n) is 12.9. The van der Waals surface area contributed by atoms with Crippen molar-refractivity contribution in [3.05, 3.63) is 77.1 Å². The van der Waals surface area contributed by atoms with E-state index in [1.54, 1.807) is 23.0 Å². The molecule has 3 amide bonds. The second kappa shape index (κ2) is 14.7. The molecule has 2 bridgehead atoms. The largest absolute Gasteiger partial charge is 0.477 e. The summed E-state index contributed by atoms with van der Waals surface area (Å²) in [7, 11) is 1.85. The standard InChI is InChI=1S/C43H46F2N10O4/c1-23-13-25-15-36(47-23)32-21-46-52(2)42(32)59-12-7-24-14-26(24)22-55-37-20-29(3-5-35(37)49-43(55)51-40(25)57)53-8-10-54(11-9-53)30-16-27(17-30)48-28-18-33(44)39(34(45)19-28)31-4-6-38(56)50-41(31)58/h3,5,13,15,18-21,24,26-27,30-31,48H,4,6-12,14,16-17,22H2,1-2H3,(H,49,51,57)(H,50,56,58)/t24-,26+,27?,30?,31+/m0/s1. The summed E-state index contributed by atoms with van der Waals surface area (Å²) >= 11 is 0. The van der Waals surface area contributed by atoms with Crippen molar-refractivity contribution >= 4 is 46.1 Å². The normalized spacial score (nSPS) is 24.7. The first-order chi connectivity index (χ1) is 28.5. The molecule has 6 heterocycles. The molecule has 3 aliphatic heterocycles. The molecule has 5 aliphatic rings. The van der Waals surface area contributed by atoms with Crippen molar-refractivity contribution < 1.29 is 27.9 Å². The number of pyridine rings is 1. The van der Waals surface area contributed by atoms with Crippen molar-refractivity contribution in [3.8, 4) is 17.1 Å². The van der Waals surface area contributed by atoms with Crippen LogP contribution in [0.25, 0.3) is 22.3 Å².